The molecule has 13 heavy (non-hydrogen) atoms. The maximum atomic E-state index is 11.3. The van der Waals surface area contributed by atoms with Crippen LogP contribution in [-0.2, 0) is 9.59 Å². The van der Waals surface area contributed by atoms with Crippen molar-refractivity contribution in [2.75, 3.05) is 0 Å². The van der Waals surface area contributed by atoms with E-state index in [1.165, 1.54) is 11.8 Å². The highest BCUT2D eigenvalue weighted by molar-refractivity contribution is 8.14. The van der Waals surface area contributed by atoms with Gasteiger partial charge in [0.15, 0.2) is 5.12 Å². The second kappa shape index (κ2) is 4.65. The lowest BCUT2D eigenvalue weighted by Gasteiger charge is -2.16. The quantitative estimate of drug-likeness (QED) is 0.765. The van der Waals surface area contributed by atoms with Crippen LogP contribution >= 0.6 is 11.8 Å². The minimum atomic E-state index is -0.914. The molecule has 0 saturated heterocycles. The molecule has 76 valence electrons. The number of carboxylic acid groups (broad SMARTS) is 1. The molecule has 1 unspecified atom stereocenters. The van der Waals surface area contributed by atoms with Crippen LogP contribution in [0.25, 0.3) is 0 Å². The molecule has 0 aliphatic rings. The summed E-state index contributed by atoms with van der Waals surface area (Å²) in [7, 11) is 0. The number of carbonyl (C=O) groups is 2. The summed E-state index contributed by atoms with van der Waals surface area (Å²) in [6.45, 7) is 7.34. The van der Waals surface area contributed by atoms with E-state index in [0.29, 0.717) is 0 Å². The highest BCUT2D eigenvalue weighted by atomic mass is 32.2. The number of rotatable bonds is 3. The molecule has 0 saturated carbocycles. The van der Waals surface area contributed by atoms with Crippen molar-refractivity contribution in [3.63, 3.8) is 0 Å². The van der Waals surface area contributed by atoms with Crippen LogP contribution < -0.4 is 0 Å². The summed E-state index contributed by atoms with van der Waals surface area (Å²) in [5.41, 5.74) is 0. The molecule has 0 heterocycles. The predicted molar refractivity (Wildman–Crippen MR) is 53.8 cm³/mol. The number of carbonyl (C=O) groups excluding carboxylic acids is 1. The Balaban J connectivity index is 3.96. The smallest absolute Gasteiger partial charge is 0.306 e. The molecule has 0 aromatic carbocycles. The monoisotopic (exact) mass is 204 g/mol. The van der Waals surface area contributed by atoms with Gasteiger partial charge in [0, 0.05) is 11.2 Å². The molecule has 0 aliphatic heterocycles. The molecule has 1 N–H and O–H groups in total. The molecule has 0 aliphatic carbocycles. The summed E-state index contributed by atoms with van der Waals surface area (Å²) in [5, 5.41) is 8.51. The minimum Gasteiger partial charge on any atom is -0.481 e. The first kappa shape index (κ1) is 12.5. The van der Waals surface area contributed by atoms with Crippen LogP contribution in [-0.4, -0.2) is 20.9 Å². The van der Waals surface area contributed by atoms with Crippen molar-refractivity contribution in [3.05, 3.63) is 0 Å². The Bertz CT molecular complexity index is 205. The van der Waals surface area contributed by atoms with Gasteiger partial charge in [-0.25, -0.2) is 0 Å². The van der Waals surface area contributed by atoms with Gasteiger partial charge in [0.1, 0.15) is 0 Å². The van der Waals surface area contributed by atoms with Gasteiger partial charge < -0.3 is 5.11 Å². The Labute approximate surface area is 82.9 Å². The molecule has 0 rings (SSSR count). The maximum Gasteiger partial charge on any atom is 0.306 e. The van der Waals surface area contributed by atoms with Gasteiger partial charge in [-0.1, -0.05) is 39.5 Å². The summed E-state index contributed by atoms with van der Waals surface area (Å²) >= 11 is 1.20. The number of hydrogen-bond acceptors (Lipinski definition) is 3. The Hall–Kier alpha value is -0.510. The average Bonchev–Trinajstić information content (AvgIpc) is 1.81. The molecular weight excluding hydrogens is 188 g/mol. The van der Waals surface area contributed by atoms with Crippen LogP contribution in [0.3, 0.4) is 0 Å². The second-order valence-corrected chi connectivity index (χ2v) is 5.91. The van der Waals surface area contributed by atoms with Crippen LogP contribution in [0.2, 0.25) is 0 Å². The Morgan fingerprint density at radius 3 is 2.15 bits per heavy atom. The Kier molecular flexibility index (Phi) is 4.47. The number of carboxylic acids is 1. The third-order valence-electron chi connectivity index (χ3n) is 1.31. The van der Waals surface area contributed by atoms with E-state index in [1.54, 1.807) is 6.92 Å². The van der Waals surface area contributed by atoms with Gasteiger partial charge in [-0.2, -0.15) is 0 Å². The van der Waals surface area contributed by atoms with Crippen molar-refractivity contribution in [1.29, 1.82) is 0 Å². The van der Waals surface area contributed by atoms with E-state index in [0.717, 1.165) is 0 Å². The van der Waals surface area contributed by atoms with Crippen molar-refractivity contribution in [2.24, 2.45) is 5.92 Å². The summed E-state index contributed by atoms with van der Waals surface area (Å²) in [5.74, 6) is -1.50. The van der Waals surface area contributed by atoms with Crippen LogP contribution in [0.1, 0.15) is 34.1 Å². The summed E-state index contributed by atoms with van der Waals surface area (Å²) < 4.78 is -0.130. The highest BCUT2D eigenvalue weighted by Crippen LogP contribution is 2.26. The van der Waals surface area contributed by atoms with Crippen molar-refractivity contribution in [1.82, 2.24) is 0 Å². The molecule has 3 nitrogen and oxygen atoms in total. The van der Waals surface area contributed by atoms with Gasteiger partial charge in [-0.05, 0) is 0 Å². The van der Waals surface area contributed by atoms with Gasteiger partial charge in [0.05, 0.1) is 5.92 Å². The predicted octanol–water partition coefficient (Wildman–Crippen LogP) is 2.16. The molecule has 4 heteroatoms. The zero-order valence-electron chi connectivity index (χ0n) is 8.46. The topological polar surface area (TPSA) is 54.4 Å². The van der Waals surface area contributed by atoms with Crippen molar-refractivity contribution >= 4 is 22.8 Å². The van der Waals surface area contributed by atoms with Crippen LogP contribution in [0.15, 0.2) is 0 Å². The lowest BCUT2D eigenvalue weighted by molar-refractivity contribution is -0.142. The summed E-state index contributed by atoms with van der Waals surface area (Å²) in [4.78, 5) is 21.7. The van der Waals surface area contributed by atoms with Gasteiger partial charge >= 0.3 is 5.97 Å². The van der Waals surface area contributed by atoms with E-state index < -0.39 is 11.9 Å². The van der Waals surface area contributed by atoms with E-state index >= 15 is 0 Å². The Morgan fingerprint density at radius 1 is 1.38 bits per heavy atom. The third kappa shape index (κ3) is 6.63. The lowest BCUT2D eigenvalue weighted by atomic mass is 10.1. The lowest BCUT2D eigenvalue weighted by Crippen LogP contribution is -2.17. The fourth-order valence-electron chi connectivity index (χ4n) is 0.720. The van der Waals surface area contributed by atoms with E-state index in [4.69, 9.17) is 5.11 Å². The average molecular weight is 204 g/mol. The number of thioether (sulfide) groups is 1. The van der Waals surface area contributed by atoms with Crippen molar-refractivity contribution in [3.8, 4) is 0 Å². The van der Waals surface area contributed by atoms with E-state index in [9.17, 15) is 9.59 Å². The zero-order valence-corrected chi connectivity index (χ0v) is 9.27. The largest absolute Gasteiger partial charge is 0.481 e. The van der Waals surface area contributed by atoms with Crippen LogP contribution in [0.5, 0.6) is 0 Å². The van der Waals surface area contributed by atoms with E-state index in [-0.39, 0.29) is 16.3 Å². The van der Waals surface area contributed by atoms with Gasteiger partial charge in [0.25, 0.3) is 0 Å². The first-order valence-electron chi connectivity index (χ1n) is 4.17. The van der Waals surface area contributed by atoms with Gasteiger partial charge in [0.2, 0.25) is 0 Å². The fourth-order valence-corrected chi connectivity index (χ4v) is 1.74. The normalized spacial score (nSPS) is 13.8. The molecule has 1 atom stereocenters. The van der Waals surface area contributed by atoms with Crippen LogP contribution in [0.4, 0.5) is 0 Å². The molecule has 0 amide bonds. The van der Waals surface area contributed by atoms with E-state index in [1.807, 2.05) is 20.8 Å². The van der Waals surface area contributed by atoms with Crippen molar-refractivity contribution < 1.29 is 14.7 Å². The SMILES string of the molecule is CC(CC(=O)SC(C)(C)C)C(=O)O. The molecule has 0 aromatic rings. The Morgan fingerprint density at radius 2 is 1.85 bits per heavy atom. The minimum absolute atomic E-state index is 0.0533. The molecule has 0 spiro atoms. The molecule has 0 aromatic heterocycles. The first-order valence-corrected chi connectivity index (χ1v) is 4.98. The summed E-state index contributed by atoms with van der Waals surface area (Å²) in [6, 6.07) is 0. The second-order valence-electron chi connectivity index (χ2n) is 4.03. The third-order valence-corrected chi connectivity index (χ3v) is 2.32. The molecule has 0 bridgehead atoms. The fraction of sp³-hybridized carbons (Fsp3) is 0.778. The van der Waals surface area contributed by atoms with E-state index in [2.05, 4.69) is 0 Å². The molecule has 0 fully saturated rings. The van der Waals surface area contributed by atoms with Gasteiger partial charge in [-0.3, -0.25) is 9.59 Å². The number of aliphatic carboxylic acids is 1. The summed E-state index contributed by atoms with van der Waals surface area (Å²) in [6.07, 6.45) is 0.108. The zero-order chi connectivity index (χ0) is 10.6. The number of hydrogen-bond donors (Lipinski definition) is 1. The van der Waals surface area contributed by atoms with Gasteiger partial charge in [-0.15, -0.1) is 0 Å². The standard InChI is InChI=1S/C9H16O3S/c1-6(8(11)12)5-7(10)13-9(2,3)4/h6H,5H2,1-4H3,(H,11,12). The molecular formula is C9H16O3S. The van der Waals surface area contributed by atoms with Crippen LogP contribution in [0, 0.1) is 5.92 Å². The maximum absolute atomic E-state index is 11.3. The highest BCUT2D eigenvalue weighted by Gasteiger charge is 2.21. The van der Waals surface area contributed by atoms with Crippen molar-refractivity contribution in [2.45, 2.75) is 38.9 Å². The molecule has 0 radical (unpaired) electrons. The first-order chi connectivity index (χ1) is 5.72.